The van der Waals surface area contributed by atoms with Gasteiger partial charge in [0.2, 0.25) is 15.9 Å². The highest BCUT2D eigenvalue weighted by atomic mass is 35.5. The van der Waals surface area contributed by atoms with E-state index in [-0.39, 0.29) is 48.7 Å². The molecule has 2 heterocycles. The number of benzene rings is 1. The molecule has 1 fully saturated rings. The molecule has 10 heteroatoms. The molecule has 1 atom stereocenters. The first-order valence-electron chi connectivity index (χ1n) is 9.59. The molecule has 0 aliphatic carbocycles. The van der Waals surface area contributed by atoms with Crippen LogP contribution in [-0.4, -0.2) is 61.7 Å². The van der Waals surface area contributed by atoms with Gasteiger partial charge in [0, 0.05) is 31.2 Å². The van der Waals surface area contributed by atoms with E-state index >= 15 is 0 Å². The maximum Gasteiger partial charge on any atom is 0.287 e. The van der Waals surface area contributed by atoms with Gasteiger partial charge in [-0.25, -0.2) is 8.42 Å². The summed E-state index contributed by atoms with van der Waals surface area (Å²) < 4.78 is 32.0. The van der Waals surface area contributed by atoms with Gasteiger partial charge in [0.1, 0.15) is 6.04 Å². The first-order valence-corrected chi connectivity index (χ1v) is 11.4. The highest BCUT2D eigenvalue weighted by Gasteiger charge is 2.34. The second-order valence-electron chi connectivity index (χ2n) is 7.36. The van der Waals surface area contributed by atoms with Crippen LogP contribution in [0.15, 0.2) is 52.0 Å². The van der Waals surface area contributed by atoms with Crippen LogP contribution >= 0.6 is 11.6 Å². The molecule has 3 rings (SSSR count). The minimum Gasteiger partial charge on any atom is -0.459 e. The summed E-state index contributed by atoms with van der Waals surface area (Å²) in [6.45, 7) is 4.51. The summed E-state index contributed by atoms with van der Waals surface area (Å²) in [7, 11) is -3.66. The van der Waals surface area contributed by atoms with Gasteiger partial charge in [0.25, 0.3) is 5.91 Å². The summed E-state index contributed by atoms with van der Waals surface area (Å²) in [5.74, 6) is -0.719. The SMILES string of the molecule is CC(C)C(NC(=O)c1ccco1)C(=O)N1CCN(S(=O)(=O)c2ccc(Cl)cc2)CC1. The Bertz CT molecular complexity index is 982. The number of amides is 2. The molecule has 1 N–H and O–H groups in total. The van der Waals surface area contributed by atoms with Gasteiger partial charge in [0.05, 0.1) is 11.2 Å². The van der Waals surface area contributed by atoms with E-state index in [2.05, 4.69) is 5.32 Å². The van der Waals surface area contributed by atoms with Crippen LogP contribution in [0.2, 0.25) is 5.02 Å². The third-order valence-electron chi connectivity index (χ3n) is 4.97. The number of furan rings is 1. The smallest absolute Gasteiger partial charge is 0.287 e. The fourth-order valence-electron chi connectivity index (χ4n) is 3.23. The molecular formula is C20H24ClN3O5S. The molecule has 8 nitrogen and oxygen atoms in total. The van der Waals surface area contributed by atoms with Crippen LogP contribution in [0.3, 0.4) is 0 Å². The normalized spacial score (nSPS) is 16.5. The van der Waals surface area contributed by atoms with Crippen LogP contribution in [0.4, 0.5) is 0 Å². The second kappa shape index (κ2) is 9.20. The molecule has 1 saturated heterocycles. The molecule has 0 saturated carbocycles. The number of carbonyl (C=O) groups is 2. The Morgan fingerprint density at radius 3 is 2.23 bits per heavy atom. The van der Waals surface area contributed by atoms with Crippen molar-refractivity contribution in [1.82, 2.24) is 14.5 Å². The van der Waals surface area contributed by atoms with Crippen LogP contribution < -0.4 is 5.32 Å². The van der Waals surface area contributed by atoms with Gasteiger partial charge in [-0.3, -0.25) is 9.59 Å². The Labute approximate surface area is 180 Å². The zero-order valence-electron chi connectivity index (χ0n) is 16.7. The van der Waals surface area contributed by atoms with E-state index in [0.717, 1.165) is 0 Å². The van der Waals surface area contributed by atoms with Crippen molar-refractivity contribution in [3.8, 4) is 0 Å². The average molecular weight is 454 g/mol. The number of hydrogen-bond acceptors (Lipinski definition) is 5. The number of hydrogen-bond donors (Lipinski definition) is 1. The fourth-order valence-corrected chi connectivity index (χ4v) is 4.78. The van der Waals surface area contributed by atoms with Crippen molar-refractivity contribution in [2.75, 3.05) is 26.2 Å². The van der Waals surface area contributed by atoms with Crippen LogP contribution in [0.5, 0.6) is 0 Å². The zero-order valence-corrected chi connectivity index (χ0v) is 18.3. The van der Waals surface area contributed by atoms with Crippen molar-refractivity contribution in [3.05, 3.63) is 53.4 Å². The molecule has 0 bridgehead atoms. The highest BCUT2D eigenvalue weighted by Crippen LogP contribution is 2.20. The Kier molecular flexibility index (Phi) is 6.84. The molecule has 1 aromatic heterocycles. The van der Waals surface area contributed by atoms with Gasteiger partial charge >= 0.3 is 0 Å². The molecule has 0 radical (unpaired) electrons. The summed E-state index contributed by atoms with van der Waals surface area (Å²) in [5.41, 5.74) is 0. The van der Waals surface area contributed by atoms with Crippen molar-refractivity contribution >= 4 is 33.4 Å². The minimum atomic E-state index is -3.66. The topological polar surface area (TPSA) is 99.9 Å². The fraction of sp³-hybridized carbons (Fsp3) is 0.400. The predicted octanol–water partition coefficient (Wildman–Crippen LogP) is 2.22. The Hall–Kier alpha value is -2.36. The van der Waals surface area contributed by atoms with Gasteiger partial charge in [-0.05, 0) is 42.3 Å². The Morgan fingerprint density at radius 1 is 1.07 bits per heavy atom. The van der Waals surface area contributed by atoms with E-state index in [9.17, 15) is 18.0 Å². The maximum absolute atomic E-state index is 13.0. The number of piperazine rings is 1. The van der Waals surface area contributed by atoms with Gasteiger partial charge in [-0.2, -0.15) is 4.31 Å². The van der Waals surface area contributed by atoms with E-state index in [4.69, 9.17) is 16.0 Å². The monoisotopic (exact) mass is 453 g/mol. The Balaban J connectivity index is 1.64. The van der Waals surface area contributed by atoms with Crippen LogP contribution in [0, 0.1) is 5.92 Å². The van der Waals surface area contributed by atoms with Crippen molar-refractivity contribution in [2.45, 2.75) is 24.8 Å². The maximum atomic E-state index is 13.0. The van der Waals surface area contributed by atoms with Crippen molar-refractivity contribution in [3.63, 3.8) is 0 Å². The lowest BCUT2D eigenvalue weighted by molar-refractivity contribution is -0.135. The van der Waals surface area contributed by atoms with Crippen molar-refractivity contribution < 1.29 is 22.4 Å². The van der Waals surface area contributed by atoms with E-state index in [1.807, 2.05) is 13.8 Å². The number of rotatable bonds is 6. The summed E-state index contributed by atoms with van der Waals surface area (Å²) in [6.07, 6.45) is 1.39. The molecule has 2 amide bonds. The lowest BCUT2D eigenvalue weighted by Crippen LogP contribution is -2.57. The molecule has 1 aliphatic rings. The number of halogens is 1. The summed E-state index contributed by atoms with van der Waals surface area (Å²) in [6, 6.07) is 8.38. The number of sulfonamides is 1. The van der Waals surface area contributed by atoms with Crippen LogP contribution in [-0.2, 0) is 14.8 Å². The van der Waals surface area contributed by atoms with Crippen molar-refractivity contribution in [2.24, 2.45) is 5.92 Å². The van der Waals surface area contributed by atoms with Crippen LogP contribution in [0.1, 0.15) is 24.4 Å². The molecule has 162 valence electrons. The summed E-state index contributed by atoms with van der Waals surface area (Å²) in [4.78, 5) is 27.1. The van der Waals surface area contributed by atoms with Gasteiger partial charge in [-0.1, -0.05) is 25.4 Å². The molecule has 30 heavy (non-hydrogen) atoms. The molecular weight excluding hydrogens is 430 g/mol. The average Bonchev–Trinajstić information content (AvgIpc) is 3.26. The predicted molar refractivity (Wildman–Crippen MR) is 112 cm³/mol. The second-order valence-corrected chi connectivity index (χ2v) is 9.73. The lowest BCUT2D eigenvalue weighted by atomic mass is 10.0. The standard InChI is InChI=1S/C20H24ClN3O5S/c1-14(2)18(22-19(25)17-4-3-13-29-17)20(26)23-9-11-24(12-10-23)30(27,28)16-7-5-15(21)6-8-16/h3-8,13-14,18H,9-12H2,1-2H3,(H,22,25). The number of nitrogens with zero attached hydrogens (tertiary/aromatic N) is 2. The first-order chi connectivity index (χ1) is 14.2. The van der Waals surface area contributed by atoms with E-state index in [1.165, 1.54) is 40.9 Å². The Morgan fingerprint density at radius 2 is 1.70 bits per heavy atom. The third kappa shape index (κ3) is 4.85. The van der Waals surface area contributed by atoms with Gasteiger partial charge in [-0.15, -0.1) is 0 Å². The summed E-state index contributed by atoms with van der Waals surface area (Å²) >= 11 is 5.84. The van der Waals surface area contributed by atoms with Gasteiger partial charge in [0.15, 0.2) is 5.76 Å². The molecule has 2 aromatic rings. The van der Waals surface area contributed by atoms with E-state index < -0.39 is 22.0 Å². The van der Waals surface area contributed by atoms with Crippen molar-refractivity contribution in [1.29, 1.82) is 0 Å². The first kappa shape index (κ1) is 22.3. The van der Waals surface area contributed by atoms with E-state index in [1.54, 1.807) is 11.0 Å². The third-order valence-corrected chi connectivity index (χ3v) is 7.13. The zero-order chi connectivity index (χ0) is 21.9. The molecule has 1 aromatic carbocycles. The van der Waals surface area contributed by atoms with E-state index in [0.29, 0.717) is 5.02 Å². The number of carbonyl (C=O) groups excluding carboxylic acids is 2. The minimum absolute atomic E-state index is 0.132. The van der Waals surface area contributed by atoms with Gasteiger partial charge < -0.3 is 14.6 Å². The lowest BCUT2D eigenvalue weighted by Gasteiger charge is -2.36. The quantitative estimate of drug-likeness (QED) is 0.722. The highest BCUT2D eigenvalue weighted by molar-refractivity contribution is 7.89. The molecule has 0 spiro atoms. The largest absolute Gasteiger partial charge is 0.459 e. The number of nitrogens with one attached hydrogen (secondary N) is 1. The summed E-state index contributed by atoms with van der Waals surface area (Å²) in [5, 5.41) is 3.18. The molecule has 1 aliphatic heterocycles. The molecule has 1 unspecified atom stereocenters. The van der Waals surface area contributed by atoms with Crippen LogP contribution in [0.25, 0.3) is 0 Å².